The van der Waals surface area contributed by atoms with Crippen molar-refractivity contribution in [2.45, 2.75) is 58.3 Å². The molecule has 29 heavy (non-hydrogen) atoms. The summed E-state index contributed by atoms with van der Waals surface area (Å²) in [6.07, 6.45) is 7.26. The molecule has 1 heterocycles. The summed E-state index contributed by atoms with van der Waals surface area (Å²) in [5.74, 6) is 0.0574. The molecule has 4 rings (SSSR count). The van der Waals surface area contributed by atoms with Crippen LogP contribution in [0, 0.1) is 13.8 Å². The fraction of sp³-hybridized carbons (Fsp3) is 0.391. The molecule has 0 aliphatic heterocycles. The van der Waals surface area contributed by atoms with E-state index in [1.54, 1.807) is 6.07 Å². The van der Waals surface area contributed by atoms with Gasteiger partial charge in [-0.25, -0.2) is 9.79 Å². The van der Waals surface area contributed by atoms with Crippen molar-refractivity contribution >= 4 is 23.8 Å². The van der Waals surface area contributed by atoms with Crippen LogP contribution in [0.2, 0.25) is 0 Å². The molecule has 150 valence electrons. The van der Waals surface area contributed by atoms with Crippen molar-refractivity contribution in [1.82, 2.24) is 4.98 Å². The van der Waals surface area contributed by atoms with Gasteiger partial charge in [0.15, 0.2) is 0 Å². The minimum absolute atomic E-state index is 0.369. The van der Waals surface area contributed by atoms with E-state index in [4.69, 9.17) is 10.7 Å². The second-order valence-corrected chi connectivity index (χ2v) is 8.02. The summed E-state index contributed by atoms with van der Waals surface area (Å²) in [5, 5.41) is 3.00. The minimum atomic E-state index is -0.478. The molecule has 1 saturated carbocycles. The number of aryl methyl sites for hydroxylation is 2. The number of aromatic nitrogens is 1. The van der Waals surface area contributed by atoms with E-state index < -0.39 is 11.9 Å². The van der Waals surface area contributed by atoms with Gasteiger partial charge in [0.2, 0.25) is 5.91 Å². The highest BCUT2D eigenvalue weighted by molar-refractivity contribution is 5.98. The third kappa shape index (κ3) is 4.06. The lowest BCUT2D eigenvalue weighted by atomic mass is 10.0. The standard InChI is InChI=1S/C23H26N4O2/c1-13-6-9-17(22(24)28)16(12-13)10-11-25-23(29)27-21-14(2)20(15-7-8-15)26-19-5-3-4-18(19)21/h6,9,11-12,15H,3-5,7-8,10H2,1-2H3,(H2,24,28)(H,26,27,29). The molecule has 2 aromatic rings. The second-order valence-electron chi connectivity index (χ2n) is 8.02. The van der Waals surface area contributed by atoms with Gasteiger partial charge in [-0.1, -0.05) is 17.7 Å². The molecule has 2 aliphatic carbocycles. The Bertz CT molecular complexity index is 1020. The number of amides is 3. The van der Waals surface area contributed by atoms with Crippen molar-refractivity contribution in [2.75, 3.05) is 5.32 Å². The van der Waals surface area contributed by atoms with Crippen molar-refractivity contribution in [3.8, 4) is 0 Å². The van der Waals surface area contributed by atoms with Gasteiger partial charge in [-0.05, 0) is 68.7 Å². The van der Waals surface area contributed by atoms with E-state index in [2.05, 4.69) is 10.3 Å². The number of nitrogens with two attached hydrogens (primary N) is 1. The van der Waals surface area contributed by atoms with Crippen LogP contribution in [0.3, 0.4) is 0 Å². The maximum Gasteiger partial charge on any atom is 0.345 e. The number of benzene rings is 1. The van der Waals surface area contributed by atoms with Crippen LogP contribution in [0.25, 0.3) is 0 Å². The number of rotatable bonds is 5. The van der Waals surface area contributed by atoms with Crippen molar-refractivity contribution < 1.29 is 9.59 Å². The van der Waals surface area contributed by atoms with Crippen molar-refractivity contribution in [1.29, 1.82) is 0 Å². The van der Waals surface area contributed by atoms with E-state index in [-0.39, 0.29) is 0 Å². The van der Waals surface area contributed by atoms with E-state index in [0.29, 0.717) is 17.9 Å². The quantitative estimate of drug-likeness (QED) is 0.755. The number of carbonyl (C=O) groups excluding carboxylic acids is 2. The molecule has 2 aliphatic rings. The van der Waals surface area contributed by atoms with Crippen LogP contribution in [0.5, 0.6) is 0 Å². The average Bonchev–Trinajstić information content (AvgIpc) is 3.41. The van der Waals surface area contributed by atoms with Gasteiger partial charge in [-0.2, -0.15) is 0 Å². The lowest BCUT2D eigenvalue weighted by Crippen LogP contribution is -2.15. The molecule has 0 bridgehead atoms. The van der Waals surface area contributed by atoms with Crippen LogP contribution in [0.1, 0.15) is 69.2 Å². The van der Waals surface area contributed by atoms with Gasteiger partial charge in [-0.15, -0.1) is 0 Å². The summed E-state index contributed by atoms with van der Waals surface area (Å²) in [4.78, 5) is 33.1. The summed E-state index contributed by atoms with van der Waals surface area (Å²) in [6.45, 7) is 3.99. The zero-order chi connectivity index (χ0) is 20.5. The molecule has 3 N–H and O–H groups in total. The molecule has 6 heteroatoms. The zero-order valence-electron chi connectivity index (χ0n) is 16.9. The van der Waals surface area contributed by atoms with Gasteiger partial charge < -0.3 is 11.1 Å². The molecule has 6 nitrogen and oxygen atoms in total. The van der Waals surface area contributed by atoms with E-state index in [1.807, 2.05) is 26.0 Å². The fourth-order valence-corrected chi connectivity index (χ4v) is 4.13. The van der Waals surface area contributed by atoms with Crippen molar-refractivity contribution in [3.05, 3.63) is 57.4 Å². The van der Waals surface area contributed by atoms with Crippen LogP contribution in [-0.4, -0.2) is 23.1 Å². The van der Waals surface area contributed by atoms with E-state index in [1.165, 1.54) is 19.1 Å². The Balaban J connectivity index is 1.51. The molecule has 0 atom stereocenters. The van der Waals surface area contributed by atoms with Crippen molar-refractivity contribution in [3.63, 3.8) is 0 Å². The normalized spacial score (nSPS) is 15.5. The van der Waals surface area contributed by atoms with Gasteiger partial charge in [0.25, 0.3) is 0 Å². The van der Waals surface area contributed by atoms with E-state index >= 15 is 0 Å². The number of pyridine rings is 1. The summed E-state index contributed by atoms with van der Waals surface area (Å²) in [5.41, 5.74) is 13.1. The Morgan fingerprint density at radius 1 is 1.28 bits per heavy atom. The van der Waals surface area contributed by atoms with Crippen LogP contribution >= 0.6 is 0 Å². The van der Waals surface area contributed by atoms with Gasteiger partial charge >= 0.3 is 6.03 Å². The number of fused-ring (bicyclic) bond motifs is 1. The third-order valence-corrected chi connectivity index (χ3v) is 5.75. The van der Waals surface area contributed by atoms with Crippen molar-refractivity contribution in [2.24, 2.45) is 10.7 Å². The molecular weight excluding hydrogens is 364 g/mol. The van der Waals surface area contributed by atoms with Crippen LogP contribution in [0.15, 0.2) is 23.2 Å². The topological polar surface area (TPSA) is 97.4 Å². The molecule has 0 spiro atoms. The predicted octanol–water partition coefficient (Wildman–Crippen LogP) is 4.01. The van der Waals surface area contributed by atoms with E-state index in [0.717, 1.165) is 58.6 Å². The first-order chi connectivity index (χ1) is 13.9. The average molecular weight is 390 g/mol. The monoisotopic (exact) mass is 390 g/mol. The number of hydrogen-bond acceptors (Lipinski definition) is 3. The molecule has 0 unspecified atom stereocenters. The number of primary amides is 1. The van der Waals surface area contributed by atoms with Gasteiger partial charge in [0.1, 0.15) is 0 Å². The SMILES string of the molecule is Cc1ccc(C(N)=O)c(CC=NC(=O)Nc2c(C)c(C3CC3)nc3c2CCC3)c1. The maximum absolute atomic E-state index is 12.5. The predicted molar refractivity (Wildman–Crippen MR) is 114 cm³/mol. The highest BCUT2D eigenvalue weighted by atomic mass is 16.2. The molecule has 0 radical (unpaired) electrons. The number of hydrogen-bond donors (Lipinski definition) is 2. The Morgan fingerprint density at radius 3 is 2.79 bits per heavy atom. The maximum atomic E-state index is 12.5. The Kier molecular flexibility index (Phi) is 5.18. The summed E-state index contributed by atoms with van der Waals surface area (Å²) in [6, 6.07) is 5.05. The zero-order valence-corrected chi connectivity index (χ0v) is 16.9. The molecule has 1 aromatic heterocycles. The molecular formula is C23H26N4O2. The first-order valence-electron chi connectivity index (χ1n) is 10.2. The first-order valence-corrected chi connectivity index (χ1v) is 10.2. The van der Waals surface area contributed by atoms with Crippen LogP contribution in [0.4, 0.5) is 10.5 Å². The lowest BCUT2D eigenvalue weighted by molar-refractivity contribution is 0.0999. The highest BCUT2D eigenvalue weighted by Gasteiger charge is 2.31. The first kappa shape index (κ1) is 19.3. The second kappa shape index (κ2) is 7.78. The summed E-state index contributed by atoms with van der Waals surface area (Å²) in [7, 11) is 0. The third-order valence-electron chi connectivity index (χ3n) is 5.75. The largest absolute Gasteiger partial charge is 0.366 e. The smallest absolute Gasteiger partial charge is 0.345 e. The van der Waals surface area contributed by atoms with Gasteiger partial charge in [0, 0.05) is 35.5 Å². The Labute approximate surface area is 170 Å². The molecule has 0 saturated heterocycles. The summed E-state index contributed by atoms with van der Waals surface area (Å²) >= 11 is 0. The van der Waals surface area contributed by atoms with Crippen LogP contribution < -0.4 is 11.1 Å². The van der Waals surface area contributed by atoms with Gasteiger partial charge in [-0.3, -0.25) is 9.78 Å². The van der Waals surface area contributed by atoms with Gasteiger partial charge in [0.05, 0.1) is 5.69 Å². The number of nitrogens with one attached hydrogen (secondary N) is 1. The number of anilines is 1. The highest BCUT2D eigenvalue weighted by Crippen LogP contribution is 2.44. The Hall–Kier alpha value is -3.02. The molecule has 1 aromatic carbocycles. The lowest BCUT2D eigenvalue weighted by Gasteiger charge is -2.15. The fourth-order valence-electron chi connectivity index (χ4n) is 4.13. The number of nitrogens with zero attached hydrogens (tertiary/aromatic N) is 2. The number of urea groups is 1. The molecule has 3 amide bonds. The van der Waals surface area contributed by atoms with E-state index in [9.17, 15) is 9.59 Å². The number of aliphatic imine (C=N–C) groups is 1. The Morgan fingerprint density at radius 2 is 2.07 bits per heavy atom. The van der Waals surface area contributed by atoms with Crippen LogP contribution in [-0.2, 0) is 19.3 Å². The number of carbonyl (C=O) groups is 2. The minimum Gasteiger partial charge on any atom is -0.366 e. The molecule has 1 fully saturated rings. The summed E-state index contributed by atoms with van der Waals surface area (Å²) < 4.78 is 0.